The molecule has 218 valence electrons. The van der Waals surface area contributed by atoms with E-state index < -0.39 is 29.6 Å². The van der Waals surface area contributed by atoms with Gasteiger partial charge in [0.25, 0.3) is 0 Å². The summed E-state index contributed by atoms with van der Waals surface area (Å²) in [7, 11) is 0. The Morgan fingerprint density at radius 2 is 1.44 bits per heavy atom. The SMILES string of the molecule is CC(C)(C)OC(=O)NCCC[C@H](C(N)=O)N(Cc1cc(Cl)c(N)c(Cl)c1)C(=O)C(c1ccccc1)c1ccccc1. The van der Waals surface area contributed by atoms with Crippen LogP contribution in [0.1, 0.15) is 56.2 Å². The summed E-state index contributed by atoms with van der Waals surface area (Å²) >= 11 is 12.6. The number of primary amides is 1. The van der Waals surface area contributed by atoms with Crippen LogP contribution < -0.4 is 16.8 Å². The summed E-state index contributed by atoms with van der Waals surface area (Å²) in [5.74, 6) is -1.71. The standard InChI is InChI=1S/C31H36Cl2N4O4/c1-31(2,3)41-30(40)36-16-10-15-25(28(35)38)37(19-20-17-23(32)27(34)24(33)18-20)29(39)26(21-11-6-4-7-12-21)22-13-8-5-9-14-22/h4-9,11-14,17-18,25-26H,10,15-16,19,34H2,1-3H3,(H2,35,38)(H,36,40)/t25-/m1/s1. The van der Waals surface area contributed by atoms with Crippen molar-refractivity contribution in [3.05, 3.63) is 99.5 Å². The van der Waals surface area contributed by atoms with Crippen molar-refractivity contribution in [1.82, 2.24) is 10.2 Å². The Kier molecular flexibility index (Phi) is 11.0. The van der Waals surface area contributed by atoms with E-state index in [1.54, 1.807) is 32.9 Å². The number of ether oxygens (including phenoxy) is 1. The first-order valence-corrected chi connectivity index (χ1v) is 14.0. The van der Waals surface area contributed by atoms with E-state index in [2.05, 4.69) is 5.32 Å². The van der Waals surface area contributed by atoms with E-state index in [-0.39, 0.29) is 41.2 Å². The van der Waals surface area contributed by atoms with E-state index in [0.717, 1.165) is 11.1 Å². The molecule has 0 aliphatic rings. The van der Waals surface area contributed by atoms with Crippen molar-refractivity contribution >= 4 is 46.8 Å². The first-order chi connectivity index (χ1) is 19.4. The summed E-state index contributed by atoms with van der Waals surface area (Å²) < 4.78 is 5.28. The van der Waals surface area contributed by atoms with Gasteiger partial charge in [-0.15, -0.1) is 0 Å². The fraction of sp³-hybridized carbons (Fsp3) is 0.323. The lowest BCUT2D eigenvalue weighted by Gasteiger charge is -2.33. The van der Waals surface area contributed by atoms with Gasteiger partial charge in [-0.25, -0.2) is 4.79 Å². The van der Waals surface area contributed by atoms with Crippen LogP contribution in [0.5, 0.6) is 0 Å². The highest BCUT2D eigenvalue weighted by molar-refractivity contribution is 6.38. The van der Waals surface area contributed by atoms with Crippen LogP contribution in [-0.2, 0) is 20.9 Å². The molecule has 0 aliphatic carbocycles. The van der Waals surface area contributed by atoms with Crippen molar-refractivity contribution in [1.29, 1.82) is 0 Å². The second-order valence-electron chi connectivity index (χ2n) is 10.7. The van der Waals surface area contributed by atoms with Crippen molar-refractivity contribution in [2.24, 2.45) is 5.73 Å². The van der Waals surface area contributed by atoms with Crippen LogP contribution in [0.2, 0.25) is 10.0 Å². The summed E-state index contributed by atoms with van der Waals surface area (Å²) in [5, 5.41) is 3.15. The van der Waals surface area contributed by atoms with Gasteiger partial charge in [0.15, 0.2) is 0 Å². The zero-order chi connectivity index (χ0) is 30.2. The number of amides is 3. The maximum absolute atomic E-state index is 14.5. The zero-order valence-electron chi connectivity index (χ0n) is 23.4. The normalized spacial score (nSPS) is 12.0. The summed E-state index contributed by atoms with van der Waals surface area (Å²) in [6.45, 7) is 5.53. The van der Waals surface area contributed by atoms with Crippen molar-refractivity contribution in [3.63, 3.8) is 0 Å². The summed E-state index contributed by atoms with van der Waals surface area (Å²) in [6.07, 6.45) is -0.00870. The van der Waals surface area contributed by atoms with Crippen molar-refractivity contribution < 1.29 is 19.1 Å². The molecule has 0 radical (unpaired) electrons. The molecule has 41 heavy (non-hydrogen) atoms. The number of hydrogen-bond donors (Lipinski definition) is 3. The van der Waals surface area contributed by atoms with E-state index in [4.69, 9.17) is 39.4 Å². The van der Waals surface area contributed by atoms with E-state index in [1.807, 2.05) is 60.7 Å². The van der Waals surface area contributed by atoms with Crippen molar-refractivity contribution in [3.8, 4) is 0 Å². The molecule has 1 atom stereocenters. The van der Waals surface area contributed by atoms with Gasteiger partial charge in [0, 0.05) is 13.1 Å². The van der Waals surface area contributed by atoms with Crippen LogP contribution in [0.3, 0.4) is 0 Å². The predicted octanol–water partition coefficient (Wildman–Crippen LogP) is 5.90. The maximum Gasteiger partial charge on any atom is 0.407 e. The Labute approximate surface area is 250 Å². The Hall–Kier alpha value is -3.75. The number of nitrogen functional groups attached to an aromatic ring is 1. The molecule has 0 heterocycles. The van der Waals surface area contributed by atoms with Gasteiger partial charge in [0.2, 0.25) is 11.8 Å². The van der Waals surface area contributed by atoms with Crippen LogP contribution in [-0.4, -0.2) is 41.0 Å². The summed E-state index contributed by atoms with van der Waals surface area (Å²) in [5.41, 5.74) is 13.5. The van der Waals surface area contributed by atoms with Crippen LogP contribution in [0.4, 0.5) is 10.5 Å². The second kappa shape index (κ2) is 14.2. The molecule has 0 aliphatic heterocycles. The van der Waals surface area contributed by atoms with Gasteiger partial charge in [-0.2, -0.15) is 0 Å². The molecule has 0 bridgehead atoms. The smallest absolute Gasteiger partial charge is 0.407 e. The van der Waals surface area contributed by atoms with E-state index in [9.17, 15) is 14.4 Å². The van der Waals surface area contributed by atoms with Gasteiger partial charge in [0.05, 0.1) is 21.7 Å². The number of nitrogens with one attached hydrogen (secondary N) is 1. The average Bonchev–Trinajstić information content (AvgIpc) is 2.91. The fourth-order valence-electron chi connectivity index (χ4n) is 4.45. The minimum Gasteiger partial charge on any atom is -0.444 e. The molecule has 8 nitrogen and oxygen atoms in total. The molecular formula is C31H36Cl2N4O4. The third kappa shape index (κ3) is 9.13. The van der Waals surface area contributed by atoms with Crippen LogP contribution in [0.15, 0.2) is 72.8 Å². The van der Waals surface area contributed by atoms with Gasteiger partial charge in [0.1, 0.15) is 11.6 Å². The molecule has 0 saturated heterocycles. The number of hydrogen-bond acceptors (Lipinski definition) is 5. The highest BCUT2D eigenvalue weighted by atomic mass is 35.5. The third-order valence-corrected chi connectivity index (χ3v) is 6.94. The molecule has 0 aromatic heterocycles. The average molecular weight is 600 g/mol. The molecule has 3 rings (SSSR count). The Morgan fingerprint density at radius 3 is 1.90 bits per heavy atom. The summed E-state index contributed by atoms with van der Waals surface area (Å²) in [4.78, 5) is 40.9. The second-order valence-corrected chi connectivity index (χ2v) is 11.5. The van der Waals surface area contributed by atoms with Gasteiger partial charge < -0.3 is 26.4 Å². The third-order valence-electron chi connectivity index (χ3n) is 6.31. The number of halogens is 2. The number of rotatable bonds is 11. The minimum absolute atomic E-state index is 0.00181. The van der Waals surface area contributed by atoms with Crippen LogP contribution >= 0.6 is 23.2 Å². The van der Waals surface area contributed by atoms with E-state index in [1.165, 1.54) is 4.90 Å². The van der Waals surface area contributed by atoms with Crippen LogP contribution in [0, 0.1) is 0 Å². The van der Waals surface area contributed by atoms with Gasteiger partial charge in [-0.05, 0) is 62.4 Å². The highest BCUT2D eigenvalue weighted by Crippen LogP contribution is 2.32. The summed E-state index contributed by atoms with van der Waals surface area (Å²) in [6, 6.07) is 20.9. The molecule has 10 heteroatoms. The molecule has 0 fully saturated rings. The highest BCUT2D eigenvalue weighted by Gasteiger charge is 2.34. The molecular weight excluding hydrogens is 563 g/mol. The quantitative estimate of drug-likeness (QED) is 0.187. The minimum atomic E-state index is -0.993. The number of carbonyl (C=O) groups is 3. The number of alkyl carbamates (subject to hydrolysis) is 1. The Bertz CT molecular complexity index is 1280. The van der Waals surface area contributed by atoms with Crippen molar-refractivity contribution in [2.45, 2.75) is 57.7 Å². The van der Waals surface area contributed by atoms with E-state index >= 15 is 0 Å². The van der Waals surface area contributed by atoms with Crippen molar-refractivity contribution in [2.75, 3.05) is 12.3 Å². The number of anilines is 1. The largest absolute Gasteiger partial charge is 0.444 e. The van der Waals surface area contributed by atoms with Gasteiger partial charge in [-0.1, -0.05) is 83.9 Å². The zero-order valence-corrected chi connectivity index (χ0v) is 24.9. The van der Waals surface area contributed by atoms with Gasteiger partial charge in [-0.3, -0.25) is 9.59 Å². The molecule has 0 saturated carbocycles. The molecule has 0 unspecified atom stereocenters. The molecule has 3 aromatic carbocycles. The molecule has 3 amide bonds. The molecule has 0 spiro atoms. The maximum atomic E-state index is 14.5. The van der Waals surface area contributed by atoms with Crippen LogP contribution in [0.25, 0.3) is 0 Å². The molecule has 5 N–H and O–H groups in total. The first kappa shape index (κ1) is 31.8. The number of benzene rings is 3. The molecule has 3 aromatic rings. The Balaban J connectivity index is 1.97. The van der Waals surface area contributed by atoms with Gasteiger partial charge >= 0.3 is 6.09 Å². The monoisotopic (exact) mass is 598 g/mol. The lowest BCUT2D eigenvalue weighted by atomic mass is 9.89. The Morgan fingerprint density at radius 1 is 0.927 bits per heavy atom. The predicted molar refractivity (Wildman–Crippen MR) is 163 cm³/mol. The lowest BCUT2D eigenvalue weighted by molar-refractivity contribution is -0.141. The topological polar surface area (TPSA) is 128 Å². The fourth-order valence-corrected chi connectivity index (χ4v) is 4.98. The number of nitrogens with two attached hydrogens (primary N) is 2. The number of nitrogens with zero attached hydrogens (tertiary/aromatic N) is 1. The first-order valence-electron chi connectivity index (χ1n) is 13.3. The lowest BCUT2D eigenvalue weighted by Crippen LogP contribution is -2.49. The number of carbonyl (C=O) groups excluding carboxylic acids is 3. The van der Waals surface area contributed by atoms with E-state index in [0.29, 0.717) is 12.0 Å².